The molecule has 0 saturated heterocycles. The van der Waals surface area contributed by atoms with Crippen LogP contribution in [0, 0.1) is 0 Å². The van der Waals surface area contributed by atoms with Crippen molar-refractivity contribution in [3.05, 3.63) is 16.4 Å². The molecule has 0 atom stereocenters. The predicted molar refractivity (Wildman–Crippen MR) is 53.0 cm³/mol. The van der Waals surface area contributed by atoms with Gasteiger partial charge in [-0.2, -0.15) is 5.10 Å². The Bertz CT molecular complexity index is 258. The van der Waals surface area contributed by atoms with E-state index in [1.54, 1.807) is 6.20 Å². The van der Waals surface area contributed by atoms with Gasteiger partial charge in [-0.3, -0.25) is 4.68 Å². The van der Waals surface area contributed by atoms with E-state index >= 15 is 0 Å². The number of aromatic nitrogens is 2. The maximum absolute atomic E-state index is 5.67. The van der Waals surface area contributed by atoms with E-state index in [-0.39, 0.29) is 5.41 Å². The molecule has 4 heteroatoms. The van der Waals surface area contributed by atoms with E-state index < -0.39 is 0 Å². The Hall–Kier alpha value is -0.350. The Morgan fingerprint density at radius 1 is 1.67 bits per heavy atom. The fourth-order valence-corrected chi connectivity index (χ4v) is 2.15. The molecule has 0 aliphatic heterocycles. The summed E-state index contributed by atoms with van der Waals surface area (Å²) in [7, 11) is 1.93. The fraction of sp³-hybridized carbons (Fsp3) is 0.625. The van der Waals surface area contributed by atoms with Gasteiger partial charge in [0.05, 0.1) is 16.4 Å². The molecule has 3 nitrogen and oxygen atoms in total. The molecule has 0 aliphatic rings. The summed E-state index contributed by atoms with van der Waals surface area (Å²) >= 11 is 3.45. The molecule has 0 unspecified atom stereocenters. The van der Waals surface area contributed by atoms with Crippen LogP contribution >= 0.6 is 15.9 Å². The third kappa shape index (κ3) is 1.54. The van der Waals surface area contributed by atoms with Gasteiger partial charge in [0.25, 0.3) is 0 Å². The van der Waals surface area contributed by atoms with Crippen LogP contribution in [0.5, 0.6) is 0 Å². The summed E-state index contributed by atoms with van der Waals surface area (Å²) in [5.41, 5.74) is 6.79. The molecule has 0 radical (unpaired) electrons. The molecule has 2 N–H and O–H groups in total. The number of nitrogens with two attached hydrogens (primary N) is 1. The molecule has 1 aromatic rings. The molecule has 12 heavy (non-hydrogen) atoms. The third-order valence-electron chi connectivity index (χ3n) is 2.05. The zero-order valence-corrected chi connectivity index (χ0v) is 9.22. The second-order valence-corrected chi connectivity index (χ2v) is 4.41. The van der Waals surface area contributed by atoms with Gasteiger partial charge < -0.3 is 5.73 Å². The van der Waals surface area contributed by atoms with Crippen molar-refractivity contribution in [1.29, 1.82) is 0 Å². The van der Waals surface area contributed by atoms with Crippen LogP contribution < -0.4 is 5.73 Å². The van der Waals surface area contributed by atoms with E-state index in [1.807, 2.05) is 11.7 Å². The monoisotopic (exact) mass is 231 g/mol. The Kier molecular flexibility index (Phi) is 2.58. The van der Waals surface area contributed by atoms with Gasteiger partial charge in [-0.15, -0.1) is 0 Å². The van der Waals surface area contributed by atoms with Crippen molar-refractivity contribution >= 4 is 15.9 Å². The number of rotatable bonds is 2. The van der Waals surface area contributed by atoms with Crippen molar-refractivity contribution in [2.24, 2.45) is 12.8 Å². The second-order valence-electron chi connectivity index (χ2n) is 3.55. The molecular formula is C8H14BrN3. The first-order chi connectivity index (χ1) is 5.49. The Labute approximate surface area is 81.1 Å². The zero-order chi connectivity index (χ0) is 9.35. The van der Waals surface area contributed by atoms with Crippen molar-refractivity contribution in [2.45, 2.75) is 19.3 Å². The molecule has 0 bridgehead atoms. The van der Waals surface area contributed by atoms with Crippen LogP contribution in [0.2, 0.25) is 0 Å². The summed E-state index contributed by atoms with van der Waals surface area (Å²) in [5, 5.41) is 4.14. The summed E-state index contributed by atoms with van der Waals surface area (Å²) in [6.45, 7) is 4.83. The minimum Gasteiger partial charge on any atom is -0.330 e. The summed E-state index contributed by atoms with van der Waals surface area (Å²) in [4.78, 5) is 0. The highest BCUT2D eigenvalue weighted by atomic mass is 79.9. The number of nitrogens with zero attached hydrogens (tertiary/aromatic N) is 2. The van der Waals surface area contributed by atoms with E-state index in [9.17, 15) is 0 Å². The van der Waals surface area contributed by atoms with E-state index in [2.05, 4.69) is 34.9 Å². The van der Waals surface area contributed by atoms with Crippen molar-refractivity contribution in [3.63, 3.8) is 0 Å². The van der Waals surface area contributed by atoms with Gasteiger partial charge in [0, 0.05) is 19.0 Å². The van der Waals surface area contributed by atoms with Gasteiger partial charge in [0.1, 0.15) is 0 Å². The van der Waals surface area contributed by atoms with E-state index in [1.165, 1.54) is 0 Å². The molecule has 1 aromatic heterocycles. The van der Waals surface area contributed by atoms with Crippen LogP contribution in [-0.2, 0) is 12.5 Å². The average Bonchev–Trinajstić information content (AvgIpc) is 2.31. The molecule has 68 valence electrons. The number of aryl methyl sites for hydroxylation is 1. The minimum atomic E-state index is -0.0237. The van der Waals surface area contributed by atoms with Crippen LogP contribution in [0.1, 0.15) is 19.5 Å². The predicted octanol–water partition coefficient (Wildman–Crippen LogP) is 1.42. The second kappa shape index (κ2) is 3.18. The van der Waals surface area contributed by atoms with Crippen LogP contribution in [-0.4, -0.2) is 16.3 Å². The lowest BCUT2D eigenvalue weighted by atomic mass is 9.89. The smallest absolute Gasteiger partial charge is 0.0635 e. The van der Waals surface area contributed by atoms with E-state index in [0.717, 1.165) is 10.2 Å². The molecule has 0 saturated carbocycles. The van der Waals surface area contributed by atoms with Crippen molar-refractivity contribution in [3.8, 4) is 0 Å². The molecule has 1 heterocycles. The first-order valence-electron chi connectivity index (χ1n) is 3.87. The quantitative estimate of drug-likeness (QED) is 0.837. The average molecular weight is 232 g/mol. The van der Waals surface area contributed by atoms with E-state index in [4.69, 9.17) is 5.73 Å². The summed E-state index contributed by atoms with van der Waals surface area (Å²) in [5.74, 6) is 0. The number of hydrogen-bond donors (Lipinski definition) is 1. The fourth-order valence-electron chi connectivity index (χ4n) is 1.27. The first-order valence-corrected chi connectivity index (χ1v) is 4.66. The Morgan fingerprint density at radius 3 is 2.58 bits per heavy atom. The highest BCUT2D eigenvalue weighted by molar-refractivity contribution is 9.10. The molecule has 0 amide bonds. The summed E-state index contributed by atoms with van der Waals surface area (Å²) in [6, 6.07) is 0. The van der Waals surface area contributed by atoms with Gasteiger partial charge >= 0.3 is 0 Å². The van der Waals surface area contributed by atoms with Gasteiger partial charge in [-0.1, -0.05) is 13.8 Å². The Morgan fingerprint density at radius 2 is 2.25 bits per heavy atom. The summed E-state index contributed by atoms with van der Waals surface area (Å²) in [6.07, 6.45) is 1.80. The molecule has 0 aliphatic carbocycles. The number of hydrogen-bond acceptors (Lipinski definition) is 2. The molecule has 0 spiro atoms. The highest BCUT2D eigenvalue weighted by Gasteiger charge is 2.24. The molecule has 0 fully saturated rings. The van der Waals surface area contributed by atoms with Crippen LogP contribution in [0.4, 0.5) is 0 Å². The SMILES string of the molecule is Cn1ncc(Br)c1C(C)(C)CN. The minimum absolute atomic E-state index is 0.0237. The van der Waals surface area contributed by atoms with Crippen LogP contribution in [0.3, 0.4) is 0 Å². The van der Waals surface area contributed by atoms with Gasteiger partial charge in [0.2, 0.25) is 0 Å². The largest absolute Gasteiger partial charge is 0.330 e. The molecule has 1 rings (SSSR count). The first kappa shape index (κ1) is 9.74. The molecule has 0 aromatic carbocycles. The maximum atomic E-state index is 5.67. The lowest BCUT2D eigenvalue weighted by Gasteiger charge is -2.23. The topological polar surface area (TPSA) is 43.8 Å². The number of halogens is 1. The normalized spacial score (nSPS) is 12.1. The molecular weight excluding hydrogens is 218 g/mol. The van der Waals surface area contributed by atoms with E-state index in [0.29, 0.717) is 6.54 Å². The van der Waals surface area contributed by atoms with Crippen LogP contribution in [0.15, 0.2) is 10.7 Å². The standard InChI is InChI=1S/C8H14BrN3/c1-8(2,5-10)7-6(9)4-11-12(7)3/h4H,5,10H2,1-3H3. The Balaban J connectivity index is 3.17. The van der Waals surface area contributed by atoms with Crippen molar-refractivity contribution < 1.29 is 0 Å². The van der Waals surface area contributed by atoms with Crippen LogP contribution in [0.25, 0.3) is 0 Å². The third-order valence-corrected chi connectivity index (χ3v) is 2.63. The maximum Gasteiger partial charge on any atom is 0.0635 e. The lowest BCUT2D eigenvalue weighted by Crippen LogP contribution is -2.30. The summed E-state index contributed by atoms with van der Waals surface area (Å²) < 4.78 is 2.89. The van der Waals surface area contributed by atoms with Gasteiger partial charge in [0.15, 0.2) is 0 Å². The van der Waals surface area contributed by atoms with Crippen molar-refractivity contribution in [2.75, 3.05) is 6.54 Å². The van der Waals surface area contributed by atoms with Gasteiger partial charge in [-0.05, 0) is 15.9 Å². The van der Waals surface area contributed by atoms with Crippen molar-refractivity contribution in [1.82, 2.24) is 9.78 Å². The zero-order valence-electron chi connectivity index (χ0n) is 7.63. The van der Waals surface area contributed by atoms with Gasteiger partial charge in [-0.25, -0.2) is 0 Å². The lowest BCUT2D eigenvalue weighted by molar-refractivity contribution is 0.485. The highest BCUT2D eigenvalue weighted by Crippen LogP contribution is 2.28.